The Morgan fingerprint density at radius 1 is 1.43 bits per heavy atom. The number of carbonyl (C=O) groups excluding carboxylic acids is 2. The second-order valence-electron chi connectivity index (χ2n) is 5.94. The Balaban J connectivity index is 2.01. The first-order valence-electron chi connectivity index (χ1n) is 7.53. The summed E-state index contributed by atoms with van der Waals surface area (Å²) < 4.78 is 5.23. The third-order valence-corrected chi connectivity index (χ3v) is 4.25. The molecule has 6 nitrogen and oxygen atoms in total. The molecule has 2 rings (SSSR count). The van der Waals surface area contributed by atoms with Gasteiger partial charge < -0.3 is 20.3 Å². The van der Waals surface area contributed by atoms with E-state index in [0.717, 1.165) is 5.56 Å². The Morgan fingerprint density at radius 3 is 2.70 bits per heavy atom. The van der Waals surface area contributed by atoms with E-state index in [1.54, 1.807) is 17.0 Å². The minimum absolute atomic E-state index is 0.0604. The maximum Gasteiger partial charge on any atom is 0.319 e. The zero-order chi connectivity index (χ0) is 17.1. The number of halogens is 1. The third kappa shape index (κ3) is 4.07. The number of hydrogen-bond acceptors (Lipinski definition) is 3. The highest BCUT2D eigenvalue weighted by Gasteiger charge is 2.32. The van der Waals surface area contributed by atoms with Gasteiger partial charge in [0.2, 0.25) is 5.91 Å². The standard InChI is InChI=1S/C16H22ClN3O3/c1-9(2)20-8-11(6-15(20)21)18-16(22)19-13-5-10(3)12(17)7-14(13)23-4/h5,7,9,11H,6,8H2,1-4H3,(H2,18,19,22). The summed E-state index contributed by atoms with van der Waals surface area (Å²) in [6, 6.07) is 2.99. The molecule has 1 aliphatic rings. The van der Waals surface area contributed by atoms with Crippen LogP contribution in [0.2, 0.25) is 5.02 Å². The molecule has 1 aromatic rings. The Bertz CT molecular complexity index is 619. The zero-order valence-corrected chi connectivity index (χ0v) is 14.5. The molecule has 1 atom stereocenters. The molecule has 0 spiro atoms. The van der Waals surface area contributed by atoms with Crippen LogP contribution < -0.4 is 15.4 Å². The van der Waals surface area contributed by atoms with Crippen LogP contribution in [0.15, 0.2) is 12.1 Å². The number of rotatable bonds is 4. The second kappa shape index (κ2) is 7.08. The van der Waals surface area contributed by atoms with E-state index in [0.29, 0.717) is 29.4 Å². The molecular formula is C16H22ClN3O3. The van der Waals surface area contributed by atoms with Crippen molar-refractivity contribution in [2.75, 3.05) is 19.0 Å². The lowest BCUT2D eigenvalue weighted by Gasteiger charge is -2.21. The van der Waals surface area contributed by atoms with Gasteiger partial charge >= 0.3 is 6.03 Å². The van der Waals surface area contributed by atoms with Gasteiger partial charge in [0.05, 0.1) is 18.8 Å². The topological polar surface area (TPSA) is 70.7 Å². The van der Waals surface area contributed by atoms with E-state index in [9.17, 15) is 9.59 Å². The van der Waals surface area contributed by atoms with Crippen molar-refractivity contribution in [3.8, 4) is 5.75 Å². The number of urea groups is 1. The van der Waals surface area contributed by atoms with Crippen molar-refractivity contribution < 1.29 is 14.3 Å². The summed E-state index contributed by atoms with van der Waals surface area (Å²) in [7, 11) is 1.51. The molecule has 1 saturated heterocycles. The number of hydrogen-bond donors (Lipinski definition) is 2. The Labute approximate surface area is 141 Å². The van der Waals surface area contributed by atoms with Gasteiger partial charge in [-0.15, -0.1) is 0 Å². The molecule has 1 aromatic carbocycles. The summed E-state index contributed by atoms with van der Waals surface area (Å²) in [6.45, 7) is 6.30. The number of anilines is 1. The lowest BCUT2D eigenvalue weighted by molar-refractivity contribution is -0.129. The number of methoxy groups -OCH3 is 1. The van der Waals surface area contributed by atoms with E-state index < -0.39 is 0 Å². The SMILES string of the molecule is COc1cc(Cl)c(C)cc1NC(=O)NC1CC(=O)N(C(C)C)C1. The Kier molecular flexibility index (Phi) is 5.36. The number of nitrogens with one attached hydrogen (secondary N) is 2. The number of ether oxygens (including phenoxy) is 1. The fraction of sp³-hybridized carbons (Fsp3) is 0.500. The molecule has 1 unspecified atom stereocenters. The summed E-state index contributed by atoms with van der Waals surface area (Å²) in [5.41, 5.74) is 1.38. The largest absolute Gasteiger partial charge is 0.495 e. The van der Waals surface area contributed by atoms with Gasteiger partial charge in [0.15, 0.2) is 0 Å². The van der Waals surface area contributed by atoms with Crippen LogP contribution in [0.4, 0.5) is 10.5 Å². The number of carbonyl (C=O) groups is 2. The van der Waals surface area contributed by atoms with E-state index in [2.05, 4.69) is 10.6 Å². The molecule has 7 heteroatoms. The van der Waals surface area contributed by atoms with Gasteiger partial charge in [-0.3, -0.25) is 4.79 Å². The van der Waals surface area contributed by atoms with Crippen LogP contribution in [0.25, 0.3) is 0 Å². The van der Waals surface area contributed by atoms with Gasteiger partial charge in [-0.2, -0.15) is 0 Å². The summed E-state index contributed by atoms with van der Waals surface area (Å²) in [5, 5.41) is 6.15. The molecule has 1 aliphatic heterocycles. The van der Waals surface area contributed by atoms with E-state index in [4.69, 9.17) is 16.3 Å². The molecule has 1 heterocycles. The first-order valence-corrected chi connectivity index (χ1v) is 7.90. The van der Waals surface area contributed by atoms with E-state index in [1.165, 1.54) is 7.11 Å². The number of aryl methyl sites for hydroxylation is 1. The van der Waals surface area contributed by atoms with E-state index in [-0.39, 0.29) is 24.0 Å². The molecule has 0 radical (unpaired) electrons. The molecule has 0 aromatic heterocycles. The van der Waals surface area contributed by atoms with Gasteiger partial charge in [-0.1, -0.05) is 11.6 Å². The number of benzene rings is 1. The lowest BCUT2D eigenvalue weighted by Crippen LogP contribution is -2.40. The Morgan fingerprint density at radius 2 is 2.13 bits per heavy atom. The van der Waals surface area contributed by atoms with Crippen LogP contribution in [0.3, 0.4) is 0 Å². The highest BCUT2D eigenvalue weighted by molar-refractivity contribution is 6.31. The van der Waals surface area contributed by atoms with Gasteiger partial charge in [0, 0.05) is 30.1 Å². The van der Waals surface area contributed by atoms with Crippen molar-refractivity contribution in [2.24, 2.45) is 0 Å². The molecule has 1 fully saturated rings. The molecule has 0 bridgehead atoms. The average molecular weight is 340 g/mol. The maximum atomic E-state index is 12.2. The first-order chi connectivity index (χ1) is 10.8. The van der Waals surface area contributed by atoms with Crippen molar-refractivity contribution >= 4 is 29.2 Å². The Hall–Kier alpha value is -1.95. The van der Waals surface area contributed by atoms with Gasteiger partial charge in [-0.25, -0.2) is 4.79 Å². The lowest BCUT2D eigenvalue weighted by atomic mass is 10.2. The minimum atomic E-state index is -0.367. The second-order valence-corrected chi connectivity index (χ2v) is 6.35. The number of likely N-dealkylation sites (tertiary alicyclic amines) is 1. The fourth-order valence-electron chi connectivity index (χ4n) is 2.60. The number of amides is 3. The average Bonchev–Trinajstić information content (AvgIpc) is 2.83. The van der Waals surface area contributed by atoms with Crippen molar-refractivity contribution in [3.63, 3.8) is 0 Å². The van der Waals surface area contributed by atoms with Crippen molar-refractivity contribution in [3.05, 3.63) is 22.7 Å². The highest BCUT2D eigenvalue weighted by Crippen LogP contribution is 2.30. The van der Waals surface area contributed by atoms with E-state index in [1.807, 2.05) is 20.8 Å². The molecule has 0 aliphatic carbocycles. The van der Waals surface area contributed by atoms with Gasteiger partial charge in [-0.05, 0) is 32.4 Å². The monoisotopic (exact) mass is 339 g/mol. The van der Waals surface area contributed by atoms with Crippen molar-refractivity contribution in [1.82, 2.24) is 10.2 Å². The predicted octanol–water partition coefficient (Wildman–Crippen LogP) is 2.79. The summed E-state index contributed by atoms with van der Waals surface area (Å²) >= 11 is 6.05. The zero-order valence-electron chi connectivity index (χ0n) is 13.8. The van der Waals surface area contributed by atoms with Gasteiger partial charge in [0.1, 0.15) is 5.75 Å². The van der Waals surface area contributed by atoms with Gasteiger partial charge in [0.25, 0.3) is 0 Å². The number of nitrogens with zero attached hydrogens (tertiary/aromatic N) is 1. The van der Waals surface area contributed by atoms with Crippen LogP contribution in [0.1, 0.15) is 25.8 Å². The van der Waals surface area contributed by atoms with Crippen LogP contribution in [0, 0.1) is 6.92 Å². The molecular weight excluding hydrogens is 318 g/mol. The summed E-state index contributed by atoms with van der Waals surface area (Å²) in [6.07, 6.45) is 0.322. The van der Waals surface area contributed by atoms with Crippen molar-refractivity contribution in [2.45, 2.75) is 39.3 Å². The van der Waals surface area contributed by atoms with E-state index >= 15 is 0 Å². The maximum absolute atomic E-state index is 12.2. The highest BCUT2D eigenvalue weighted by atomic mass is 35.5. The van der Waals surface area contributed by atoms with Crippen molar-refractivity contribution in [1.29, 1.82) is 0 Å². The first kappa shape index (κ1) is 17.4. The third-order valence-electron chi connectivity index (χ3n) is 3.85. The summed E-state index contributed by atoms with van der Waals surface area (Å²) in [4.78, 5) is 25.8. The van der Waals surface area contributed by atoms with Crippen LogP contribution in [-0.4, -0.2) is 42.6 Å². The predicted molar refractivity (Wildman–Crippen MR) is 90.1 cm³/mol. The normalized spacial score (nSPS) is 17.6. The smallest absolute Gasteiger partial charge is 0.319 e. The molecule has 23 heavy (non-hydrogen) atoms. The molecule has 0 saturated carbocycles. The van der Waals surface area contributed by atoms with Crippen LogP contribution in [-0.2, 0) is 4.79 Å². The molecule has 126 valence electrons. The van der Waals surface area contributed by atoms with Crippen LogP contribution >= 0.6 is 11.6 Å². The quantitative estimate of drug-likeness (QED) is 0.886. The minimum Gasteiger partial charge on any atom is -0.495 e. The fourth-order valence-corrected chi connectivity index (χ4v) is 2.75. The molecule has 3 amide bonds. The van der Waals surface area contributed by atoms with Crippen LogP contribution in [0.5, 0.6) is 5.75 Å². The summed E-state index contributed by atoms with van der Waals surface area (Å²) in [5.74, 6) is 0.548. The molecule has 2 N–H and O–H groups in total.